The van der Waals surface area contributed by atoms with Gasteiger partial charge in [-0.25, -0.2) is 0 Å². The maximum atomic E-state index is 7.77. The highest BCUT2D eigenvalue weighted by molar-refractivity contribution is 6.08. The topological polar surface area (TPSA) is 62.2 Å². The fourth-order valence-corrected chi connectivity index (χ4v) is 4.32. The lowest BCUT2D eigenvalue weighted by atomic mass is 9.83. The number of fused-ring (bicyclic) bond motifs is 2. The van der Waals surface area contributed by atoms with E-state index in [-0.39, 0.29) is 5.84 Å². The van der Waals surface area contributed by atoms with Gasteiger partial charge in [0.15, 0.2) is 0 Å². The molecule has 1 heterocycles. The smallest absolute Gasteiger partial charge is 0.123 e. The van der Waals surface area contributed by atoms with Gasteiger partial charge in [-0.05, 0) is 51.4 Å². The highest BCUT2D eigenvalue weighted by Gasteiger charge is 2.23. The Balaban J connectivity index is 1.66. The van der Waals surface area contributed by atoms with Gasteiger partial charge in [0, 0.05) is 23.7 Å². The molecule has 0 amide bonds. The number of rotatable bonds is 5. The van der Waals surface area contributed by atoms with Crippen LogP contribution in [0.1, 0.15) is 60.9 Å². The Bertz CT molecular complexity index is 1170. The summed E-state index contributed by atoms with van der Waals surface area (Å²) < 4.78 is 0. The van der Waals surface area contributed by atoms with Gasteiger partial charge in [0.2, 0.25) is 0 Å². The van der Waals surface area contributed by atoms with Gasteiger partial charge < -0.3 is 5.73 Å². The van der Waals surface area contributed by atoms with E-state index in [0.29, 0.717) is 11.8 Å². The predicted molar refractivity (Wildman–Crippen MR) is 130 cm³/mol. The molecule has 3 nitrogen and oxygen atoms in total. The van der Waals surface area contributed by atoms with E-state index in [1.807, 2.05) is 12.1 Å². The Morgan fingerprint density at radius 2 is 1.83 bits per heavy atom. The van der Waals surface area contributed by atoms with Crippen molar-refractivity contribution in [1.29, 1.82) is 5.41 Å². The second-order valence-electron chi connectivity index (χ2n) is 8.37. The molecule has 1 aliphatic rings. The van der Waals surface area contributed by atoms with Crippen LogP contribution in [0.5, 0.6) is 0 Å². The minimum absolute atomic E-state index is 0.104. The first-order valence-corrected chi connectivity index (χ1v) is 10.7. The summed E-state index contributed by atoms with van der Waals surface area (Å²) in [4.78, 5) is 4.87. The van der Waals surface area contributed by atoms with Crippen LogP contribution in [-0.2, 0) is 0 Å². The molecule has 1 atom stereocenters. The number of nitrogen functional groups attached to an aromatic ring is 1. The lowest BCUT2D eigenvalue weighted by Gasteiger charge is -2.26. The van der Waals surface area contributed by atoms with Crippen LogP contribution in [0.2, 0.25) is 0 Å². The third-order valence-electron chi connectivity index (χ3n) is 5.98. The number of aliphatic imine (C=N–C) groups is 1. The average Bonchev–Trinajstić information content (AvgIpc) is 2.75. The molecule has 152 valence electrons. The molecule has 0 bridgehead atoms. The van der Waals surface area contributed by atoms with Crippen LogP contribution in [0, 0.1) is 11.3 Å². The normalized spacial score (nSPS) is 16.1. The quantitative estimate of drug-likeness (QED) is 0.299. The summed E-state index contributed by atoms with van der Waals surface area (Å²) >= 11 is 0. The second kappa shape index (κ2) is 8.27. The minimum atomic E-state index is 0.104. The van der Waals surface area contributed by atoms with Crippen molar-refractivity contribution >= 4 is 34.5 Å². The van der Waals surface area contributed by atoms with Gasteiger partial charge in [-0.3, -0.25) is 10.4 Å². The Hall–Kier alpha value is -3.20. The zero-order chi connectivity index (χ0) is 21.3. The maximum Gasteiger partial charge on any atom is 0.123 e. The fourth-order valence-electron chi connectivity index (χ4n) is 4.32. The Morgan fingerprint density at radius 1 is 1.10 bits per heavy atom. The Kier molecular flexibility index (Phi) is 5.54. The number of hydrogen-bond donors (Lipinski definition) is 2. The molecule has 3 heteroatoms. The van der Waals surface area contributed by atoms with Gasteiger partial charge in [0.25, 0.3) is 0 Å². The van der Waals surface area contributed by atoms with Crippen molar-refractivity contribution in [3.63, 3.8) is 0 Å². The molecule has 3 aromatic rings. The van der Waals surface area contributed by atoms with Crippen LogP contribution in [0.3, 0.4) is 0 Å². The van der Waals surface area contributed by atoms with Gasteiger partial charge in [-0.15, -0.1) is 0 Å². The van der Waals surface area contributed by atoms with Crippen LogP contribution in [0.15, 0.2) is 59.6 Å². The lowest BCUT2D eigenvalue weighted by Crippen LogP contribution is -2.21. The zero-order valence-electron chi connectivity index (χ0n) is 17.9. The SMILES string of the molecule is CCC1CN=C(C(C)C)c2ccc(C=Cc3ccc4c(C(=N)N)cccc4c3)cc21. The van der Waals surface area contributed by atoms with Crippen molar-refractivity contribution in [3.05, 3.63) is 82.4 Å². The van der Waals surface area contributed by atoms with E-state index < -0.39 is 0 Å². The summed E-state index contributed by atoms with van der Waals surface area (Å²) in [5.41, 5.74) is 12.8. The Labute approximate surface area is 178 Å². The molecule has 0 spiro atoms. The van der Waals surface area contributed by atoms with Crippen LogP contribution < -0.4 is 5.73 Å². The minimum Gasteiger partial charge on any atom is -0.384 e. The molecular weight excluding hydrogens is 366 g/mol. The fraction of sp³-hybridized carbons (Fsp3) is 0.259. The first-order valence-electron chi connectivity index (χ1n) is 10.7. The van der Waals surface area contributed by atoms with E-state index in [1.54, 1.807) is 0 Å². The van der Waals surface area contributed by atoms with Crippen LogP contribution in [-0.4, -0.2) is 18.1 Å². The summed E-state index contributed by atoms with van der Waals surface area (Å²) in [6.45, 7) is 7.59. The van der Waals surface area contributed by atoms with E-state index >= 15 is 0 Å². The highest BCUT2D eigenvalue weighted by atomic mass is 14.8. The van der Waals surface area contributed by atoms with E-state index in [0.717, 1.165) is 34.9 Å². The molecule has 0 saturated heterocycles. The first-order chi connectivity index (χ1) is 14.5. The molecule has 0 aliphatic carbocycles. The number of nitrogens with two attached hydrogens (primary N) is 1. The van der Waals surface area contributed by atoms with Crippen LogP contribution >= 0.6 is 0 Å². The van der Waals surface area contributed by atoms with Gasteiger partial charge in [-0.1, -0.05) is 81.5 Å². The van der Waals surface area contributed by atoms with Crippen molar-refractivity contribution in [3.8, 4) is 0 Å². The monoisotopic (exact) mass is 395 g/mol. The average molecular weight is 396 g/mol. The maximum absolute atomic E-state index is 7.77. The molecule has 0 radical (unpaired) electrons. The van der Waals surface area contributed by atoms with Crippen molar-refractivity contribution in [1.82, 2.24) is 0 Å². The highest BCUT2D eigenvalue weighted by Crippen LogP contribution is 2.32. The first kappa shape index (κ1) is 20.1. The van der Waals surface area contributed by atoms with Crippen molar-refractivity contribution in [2.24, 2.45) is 16.6 Å². The predicted octanol–water partition coefficient (Wildman–Crippen LogP) is 6.25. The Morgan fingerprint density at radius 3 is 2.53 bits per heavy atom. The molecule has 4 rings (SSSR count). The third-order valence-corrected chi connectivity index (χ3v) is 5.98. The number of nitrogens with zero attached hydrogens (tertiary/aromatic N) is 1. The molecule has 0 aromatic heterocycles. The standard InChI is InChI=1S/C27H29N3/c1-4-20-16-30-26(17(2)3)23-13-11-19(15-25(20)23)9-8-18-10-12-22-21(14-18)6-5-7-24(22)27(28)29/h5-15,17,20H,4,16H2,1-3H3,(H3,28,29). The summed E-state index contributed by atoms with van der Waals surface area (Å²) in [6.07, 6.45) is 5.45. The molecule has 30 heavy (non-hydrogen) atoms. The molecule has 3 aromatic carbocycles. The molecule has 0 fully saturated rings. The van der Waals surface area contributed by atoms with E-state index in [2.05, 4.69) is 75.4 Å². The second-order valence-corrected chi connectivity index (χ2v) is 8.37. The molecule has 0 saturated carbocycles. The van der Waals surface area contributed by atoms with E-state index in [4.69, 9.17) is 16.1 Å². The molecule has 3 N–H and O–H groups in total. The van der Waals surface area contributed by atoms with Gasteiger partial charge in [0.1, 0.15) is 5.84 Å². The van der Waals surface area contributed by atoms with Crippen LogP contribution in [0.25, 0.3) is 22.9 Å². The molecular formula is C27H29N3. The number of benzene rings is 3. The van der Waals surface area contributed by atoms with E-state index in [9.17, 15) is 0 Å². The molecule has 1 aliphatic heterocycles. The van der Waals surface area contributed by atoms with Crippen molar-refractivity contribution in [2.75, 3.05) is 6.54 Å². The third kappa shape index (κ3) is 3.80. The van der Waals surface area contributed by atoms with E-state index in [1.165, 1.54) is 22.4 Å². The number of nitrogens with one attached hydrogen (secondary N) is 1. The van der Waals surface area contributed by atoms with Gasteiger partial charge in [0.05, 0.1) is 0 Å². The van der Waals surface area contributed by atoms with Crippen molar-refractivity contribution in [2.45, 2.75) is 33.1 Å². The summed E-state index contributed by atoms with van der Waals surface area (Å²) in [5, 5.41) is 9.88. The summed E-state index contributed by atoms with van der Waals surface area (Å²) in [5.74, 6) is 1.05. The number of hydrogen-bond acceptors (Lipinski definition) is 2. The lowest BCUT2D eigenvalue weighted by molar-refractivity contribution is 0.657. The summed E-state index contributed by atoms with van der Waals surface area (Å²) in [7, 11) is 0. The zero-order valence-corrected chi connectivity index (χ0v) is 17.9. The number of amidine groups is 1. The van der Waals surface area contributed by atoms with Crippen LogP contribution in [0.4, 0.5) is 0 Å². The summed E-state index contributed by atoms with van der Waals surface area (Å²) in [6, 6.07) is 19.0. The van der Waals surface area contributed by atoms with Crippen molar-refractivity contribution < 1.29 is 0 Å². The molecule has 1 unspecified atom stereocenters. The van der Waals surface area contributed by atoms with Gasteiger partial charge in [-0.2, -0.15) is 0 Å². The van der Waals surface area contributed by atoms with Gasteiger partial charge >= 0.3 is 0 Å². The largest absolute Gasteiger partial charge is 0.384 e.